The maximum Gasteiger partial charge on any atom is 0.278 e. The molecule has 4 aromatic rings. The summed E-state index contributed by atoms with van der Waals surface area (Å²) in [7, 11) is 2.17. The highest BCUT2D eigenvalue weighted by Crippen LogP contribution is 2.35. The van der Waals surface area contributed by atoms with Gasteiger partial charge in [-0.25, -0.2) is 19.0 Å². The Morgan fingerprint density at radius 1 is 1.11 bits per heavy atom. The topological polar surface area (TPSA) is 103 Å². The van der Waals surface area contributed by atoms with E-state index in [-0.39, 0.29) is 29.1 Å². The summed E-state index contributed by atoms with van der Waals surface area (Å²) in [4.78, 5) is 37.0. The molecule has 0 amide bonds. The quantitative estimate of drug-likeness (QED) is 0.376. The Hall–Kier alpha value is -4.05. The van der Waals surface area contributed by atoms with Crippen LogP contribution < -0.4 is 16.4 Å². The van der Waals surface area contributed by atoms with Crippen molar-refractivity contribution in [2.24, 2.45) is 0 Å². The molecule has 1 saturated heterocycles. The molecule has 0 bridgehead atoms. The smallest absolute Gasteiger partial charge is 0.278 e. The fourth-order valence-corrected chi connectivity index (χ4v) is 4.99. The van der Waals surface area contributed by atoms with Crippen LogP contribution in [0.3, 0.4) is 0 Å². The van der Waals surface area contributed by atoms with Crippen molar-refractivity contribution in [2.45, 2.75) is 51.6 Å². The van der Waals surface area contributed by atoms with Gasteiger partial charge in [-0.2, -0.15) is 4.98 Å². The Kier molecular flexibility index (Phi) is 6.75. The van der Waals surface area contributed by atoms with E-state index in [1.54, 1.807) is 16.8 Å². The van der Waals surface area contributed by atoms with E-state index in [2.05, 4.69) is 53.0 Å². The van der Waals surface area contributed by atoms with E-state index < -0.39 is 0 Å². The zero-order chi connectivity index (χ0) is 27.0. The normalized spacial score (nSPS) is 15.7. The maximum absolute atomic E-state index is 13.2. The Labute approximate surface area is 221 Å². The second-order valence-electron chi connectivity index (χ2n) is 10.6. The van der Waals surface area contributed by atoms with Gasteiger partial charge in [0.1, 0.15) is 5.39 Å². The van der Waals surface area contributed by atoms with Crippen molar-refractivity contribution >= 4 is 22.7 Å². The summed E-state index contributed by atoms with van der Waals surface area (Å²) < 4.78 is 4.50. The van der Waals surface area contributed by atoms with Gasteiger partial charge in [-0.1, -0.05) is 25.1 Å². The first-order chi connectivity index (χ1) is 18.2. The summed E-state index contributed by atoms with van der Waals surface area (Å²) in [5.74, 6) is 0.769. The van der Waals surface area contributed by atoms with Gasteiger partial charge in [-0.3, -0.25) is 9.59 Å². The minimum absolute atomic E-state index is 0.143. The molecule has 0 spiro atoms. The second-order valence-corrected chi connectivity index (χ2v) is 10.6. The summed E-state index contributed by atoms with van der Waals surface area (Å²) >= 11 is 0. The van der Waals surface area contributed by atoms with Crippen molar-refractivity contribution in [2.75, 3.05) is 25.5 Å². The lowest BCUT2D eigenvalue weighted by Crippen LogP contribution is -2.38. The predicted molar refractivity (Wildman–Crippen MR) is 150 cm³/mol. The first kappa shape index (κ1) is 25.6. The molecule has 38 heavy (non-hydrogen) atoms. The summed E-state index contributed by atoms with van der Waals surface area (Å²) in [6.07, 6.45) is 5.42. The van der Waals surface area contributed by atoms with E-state index in [1.165, 1.54) is 27.2 Å². The van der Waals surface area contributed by atoms with E-state index in [1.807, 2.05) is 26.0 Å². The third-order valence-electron chi connectivity index (χ3n) is 7.42. The molecule has 4 heterocycles. The van der Waals surface area contributed by atoms with Crippen LogP contribution in [0.4, 0.5) is 11.6 Å². The number of rotatable bonds is 7. The van der Waals surface area contributed by atoms with E-state index in [4.69, 9.17) is 4.98 Å². The molecule has 0 aliphatic carbocycles. The molecule has 1 N–H and O–H groups in total. The molecule has 0 radical (unpaired) electrons. The van der Waals surface area contributed by atoms with Crippen LogP contribution in [0.15, 0.2) is 64.8 Å². The minimum Gasteiger partial charge on any atom is -0.324 e. The molecule has 10 heteroatoms. The van der Waals surface area contributed by atoms with Gasteiger partial charge < -0.3 is 10.2 Å². The molecule has 0 saturated carbocycles. The number of hydrogen-bond acceptors (Lipinski definition) is 7. The number of aromatic nitrogens is 6. The number of hydrogen-bond donors (Lipinski definition) is 1. The summed E-state index contributed by atoms with van der Waals surface area (Å²) in [5, 5.41) is 8.14. The Morgan fingerprint density at radius 3 is 2.47 bits per heavy atom. The number of nitrogens with one attached hydrogen (secondary N) is 1. The van der Waals surface area contributed by atoms with Gasteiger partial charge in [0.2, 0.25) is 5.95 Å². The first-order valence-electron chi connectivity index (χ1n) is 13.0. The lowest BCUT2D eigenvalue weighted by Gasteiger charge is -2.38. The summed E-state index contributed by atoms with van der Waals surface area (Å²) in [6, 6.07) is 11.3. The zero-order valence-corrected chi connectivity index (χ0v) is 22.4. The molecule has 10 nitrogen and oxygen atoms in total. The molecule has 1 aromatic carbocycles. The van der Waals surface area contributed by atoms with Crippen LogP contribution in [0.2, 0.25) is 0 Å². The zero-order valence-electron chi connectivity index (χ0n) is 22.4. The van der Waals surface area contributed by atoms with Crippen LogP contribution in [0, 0.1) is 0 Å². The monoisotopic (exact) mass is 514 g/mol. The highest BCUT2D eigenvalue weighted by molar-refractivity contribution is 5.77. The van der Waals surface area contributed by atoms with Gasteiger partial charge in [0.15, 0.2) is 11.5 Å². The van der Waals surface area contributed by atoms with E-state index in [0.29, 0.717) is 22.8 Å². The predicted octanol–water partition coefficient (Wildman–Crippen LogP) is 3.63. The van der Waals surface area contributed by atoms with Crippen molar-refractivity contribution < 1.29 is 0 Å². The lowest BCUT2D eigenvalue weighted by atomic mass is 9.74. The summed E-state index contributed by atoms with van der Waals surface area (Å²) in [6.45, 7) is 12.3. The number of anilines is 2. The third kappa shape index (κ3) is 4.67. The SMILES string of the molecule is C=CCn1c(=O)c2cnc(Nc3ccc(C4(C)CCN(C)CC4)cc3)nc2n1-c1ccc(=O)n(C(C)C)n1. The number of fused-ring (bicyclic) bond motifs is 1. The average Bonchev–Trinajstić information content (AvgIpc) is 3.17. The molecular formula is C28H34N8O2. The molecule has 1 aliphatic heterocycles. The van der Waals surface area contributed by atoms with Crippen LogP contribution in [0.25, 0.3) is 16.9 Å². The van der Waals surface area contributed by atoms with E-state index in [0.717, 1.165) is 31.6 Å². The molecule has 3 aromatic heterocycles. The fraction of sp³-hybridized carbons (Fsp3) is 0.393. The van der Waals surface area contributed by atoms with Crippen LogP contribution in [-0.4, -0.2) is 54.1 Å². The molecule has 0 atom stereocenters. The highest BCUT2D eigenvalue weighted by Gasteiger charge is 2.30. The van der Waals surface area contributed by atoms with Gasteiger partial charge in [-0.05, 0) is 76.0 Å². The lowest BCUT2D eigenvalue weighted by molar-refractivity contribution is 0.200. The van der Waals surface area contributed by atoms with Crippen LogP contribution in [0.1, 0.15) is 45.2 Å². The molecule has 198 valence electrons. The van der Waals surface area contributed by atoms with Gasteiger partial charge in [0.05, 0.1) is 12.6 Å². The van der Waals surface area contributed by atoms with Gasteiger partial charge in [-0.15, -0.1) is 11.7 Å². The van der Waals surface area contributed by atoms with Crippen LogP contribution in [0.5, 0.6) is 0 Å². The molecular weight excluding hydrogens is 480 g/mol. The number of piperidine rings is 1. The molecule has 1 fully saturated rings. The van der Waals surface area contributed by atoms with Crippen molar-refractivity contribution in [3.05, 3.63) is 81.5 Å². The van der Waals surface area contributed by atoms with Gasteiger partial charge >= 0.3 is 0 Å². The molecule has 1 aliphatic rings. The Morgan fingerprint density at radius 2 is 1.82 bits per heavy atom. The van der Waals surface area contributed by atoms with Crippen LogP contribution >= 0.6 is 0 Å². The first-order valence-corrected chi connectivity index (χ1v) is 13.0. The minimum atomic E-state index is -0.258. The molecule has 5 rings (SSSR count). The number of nitrogens with zero attached hydrogens (tertiary/aromatic N) is 7. The largest absolute Gasteiger partial charge is 0.324 e. The third-order valence-corrected chi connectivity index (χ3v) is 7.42. The number of benzene rings is 1. The highest BCUT2D eigenvalue weighted by atomic mass is 16.1. The number of likely N-dealkylation sites (tertiary alicyclic amines) is 1. The van der Waals surface area contributed by atoms with Crippen molar-refractivity contribution in [3.63, 3.8) is 0 Å². The second kappa shape index (κ2) is 10.0. The standard InChI is InChI=1S/C28H34N8O2/c1-6-15-34-26(38)22-18-29-27(31-25(22)36(34)23-11-12-24(37)35(32-23)19(2)3)30-21-9-7-20(8-10-21)28(4)13-16-33(5)17-14-28/h6-12,18-19H,1,13-17H2,2-5H3,(H,29,30,31). The fourth-order valence-electron chi connectivity index (χ4n) is 4.99. The molecule has 0 unspecified atom stereocenters. The van der Waals surface area contributed by atoms with Gasteiger partial charge in [0.25, 0.3) is 11.1 Å². The Balaban J connectivity index is 1.52. The van der Waals surface area contributed by atoms with E-state index >= 15 is 0 Å². The van der Waals surface area contributed by atoms with Crippen molar-refractivity contribution in [1.29, 1.82) is 0 Å². The van der Waals surface area contributed by atoms with E-state index in [9.17, 15) is 9.59 Å². The average molecular weight is 515 g/mol. The van der Waals surface area contributed by atoms with Crippen molar-refractivity contribution in [1.82, 2.24) is 34.0 Å². The number of allylic oxidation sites excluding steroid dienone is 1. The summed E-state index contributed by atoms with van der Waals surface area (Å²) in [5.41, 5.74) is 2.28. The van der Waals surface area contributed by atoms with Gasteiger partial charge in [0, 0.05) is 18.0 Å². The van der Waals surface area contributed by atoms with Crippen LogP contribution in [-0.2, 0) is 12.0 Å². The maximum atomic E-state index is 13.2. The van der Waals surface area contributed by atoms with Crippen molar-refractivity contribution in [3.8, 4) is 5.82 Å². The Bertz CT molecular complexity index is 1590.